The SMILES string of the molecule is O=C(c1ccc(-n2[nH]c(=O)[nH]c2=O)cc1)N1CC(NS(=O)(=O)c2ccccc2)C1. The fourth-order valence-corrected chi connectivity index (χ4v) is 4.30. The Labute approximate surface area is 164 Å². The second-order valence-electron chi connectivity index (χ2n) is 6.59. The minimum absolute atomic E-state index is 0.179. The van der Waals surface area contributed by atoms with Crippen LogP contribution in [0.5, 0.6) is 0 Å². The Hall–Kier alpha value is -3.44. The summed E-state index contributed by atoms with van der Waals surface area (Å²) in [4.78, 5) is 39.1. The van der Waals surface area contributed by atoms with E-state index in [0.717, 1.165) is 4.68 Å². The molecule has 1 amide bonds. The number of rotatable bonds is 5. The number of carbonyl (C=O) groups excluding carboxylic acids is 1. The number of sulfonamides is 1. The van der Waals surface area contributed by atoms with Crippen LogP contribution in [0.15, 0.2) is 69.1 Å². The summed E-state index contributed by atoms with van der Waals surface area (Å²) in [5.74, 6) is -0.249. The summed E-state index contributed by atoms with van der Waals surface area (Å²) < 4.78 is 28.3. The van der Waals surface area contributed by atoms with E-state index in [4.69, 9.17) is 0 Å². The first-order chi connectivity index (χ1) is 13.8. The van der Waals surface area contributed by atoms with Crippen molar-refractivity contribution in [2.24, 2.45) is 0 Å². The first-order valence-corrected chi connectivity index (χ1v) is 10.2. The fraction of sp³-hybridized carbons (Fsp3) is 0.167. The number of aromatic nitrogens is 3. The van der Waals surface area contributed by atoms with Crippen LogP contribution < -0.4 is 16.1 Å². The molecule has 0 radical (unpaired) electrons. The molecule has 0 bridgehead atoms. The Morgan fingerprint density at radius 3 is 2.24 bits per heavy atom. The zero-order valence-electron chi connectivity index (χ0n) is 15.0. The number of nitrogens with one attached hydrogen (secondary N) is 3. The lowest BCUT2D eigenvalue weighted by Crippen LogP contribution is -2.60. The number of H-pyrrole nitrogens is 2. The van der Waals surface area contributed by atoms with Gasteiger partial charge in [-0.2, -0.15) is 0 Å². The van der Waals surface area contributed by atoms with E-state index in [1.165, 1.54) is 41.3 Å². The van der Waals surface area contributed by atoms with Gasteiger partial charge in [0.2, 0.25) is 10.0 Å². The molecule has 1 saturated heterocycles. The van der Waals surface area contributed by atoms with E-state index in [2.05, 4.69) is 14.8 Å². The number of hydrogen-bond donors (Lipinski definition) is 3. The van der Waals surface area contributed by atoms with E-state index < -0.39 is 21.4 Å². The molecular formula is C18H17N5O5S. The first kappa shape index (κ1) is 18.9. The van der Waals surface area contributed by atoms with Crippen LogP contribution in [0.1, 0.15) is 10.4 Å². The van der Waals surface area contributed by atoms with Gasteiger partial charge in [-0.25, -0.2) is 32.5 Å². The number of benzene rings is 2. The van der Waals surface area contributed by atoms with Gasteiger partial charge >= 0.3 is 11.4 Å². The van der Waals surface area contributed by atoms with Crippen molar-refractivity contribution in [1.29, 1.82) is 0 Å². The third-order valence-electron chi connectivity index (χ3n) is 4.55. The Balaban J connectivity index is 1.39. The minimum atomic E-state index is -3.62. The van der Waals surface area contributed by atoms with Gasteiger partial charge in [-0.15, -0.1) is 0 Å². The molecule has 150 valence electrons. The maximum Gasteiger partial charge on any atom is 0.349 e. The lowest BCUT2D eigenvalue weighted by atomic mass is 10.1. The van der Waals surface area contributed by atoms with Crippen LogP contribution in [-0.4, -0.2) is 53.1 Å². The van der Waals surface area contributed by atoms with Crippen LogP contribution in [0.25, 0.3) is 5.69 Å². The van der Waals surface area contributed by atoms with E-state index in [9.17, 15) is 22.8 Å². The van der Waals surface area contributed by atoms with Crippen molar-refractivity contribution in [2.45, 2.75) is 10.9 Å². The topological polar surface area (TPSA) is 137 Å². The lowest BCUT2D eigenvalue weighted by molar-refractivity contribution is 0.0592. The highest BCUT2D eigenvalue weighted by molar-refractivity contribution is 7.89. The van der Waals surface area contributed by atoms with Crippen molar-refractivity contribution < 1.29 is 13.2 Å². The summed E-state index contributed by atoms with van der Waals surface area (Å²) in [6.07, 6.45) is 0. The Bertz CT molecular complexity index is 1250. The molecule has 3 aromatic rings. The number of amides is 1. The standard InChI is InChI=1S/C18H17N5O5S/c24-16(12-6-8-14(9-7-12)23-18(26)19-17(25)20-23)22-10-13(11-22)21-29(27,28)15-4-2-1-3-5-15/h1-9,13,21H,10-11H2,(H2,19,20,25,26). The van der Waals surface area contributed by atoms with E-state index in [0.29, 0.717) is 11.3 Å². The van der Waals surface area contributed by atoms with E-state index >= 15 is 0 Å². The summed E-state index contributed by atoms with van der Waals surface area (Å²) in [7, 11) is -3.62. The number of nitrogens with zero attached hydrogens (tertiary/aromatic N) is 2. The van der Waals surface area contributed by atoms with Crippen LogP contribution in [0.3, 0.4) is 0 Å². The lowest BCUT2D eigenvalue weighted by Gasteiger charge is -2.39. The molecular weight excluding hydrogens is 398 g/mol. The average molecular weight is 415 g/mol. The Morgan fingerprint density at radius 2 is 1.66 bits per heavy atom. The van der Waals surface area contributed by atoms with Crippen LogP contribution in [0.2, 0.25) is 0 Å². The molecule has 0 aliphatic carbocycles. The molecule has 0 unspecified atom stereocenters. The van der Waals surface area contributed by atoms with Crippen LogP contribution in [0, 0.1) is 0 Å². The van der Waals surface area contributed by atoms with Crippen LogP contribution >= 0.6 is 0 Å². The smallest absolute Gasteiger partial charge is 0.335 e. The van der Waals surface area contributed by atoms with E-state index in [1.54, 1.807) is 18.2 Å². The molecule has 3 N–H and O–H groups in total. The van der Waals surface area contributed by atoms with Gasteiger partial charge in [-0.1, -0.05) is 18.2 Å². The monoisotopic (exact) mass is 415 g/mol. The highest BCUT2D eigenvalue weighted by atomic mass is 32.2. The molecule has 1 aliphatic heterocycles. The molecule has 10 nitrogen and oxygen atoms in total. The second kappa shape index (κ2) is 7.18. The maximum absolute atomic E-state index is 12.5. The summed E-state index contributed by atoms with van der Waals surface area (Å²) in [6, 6.07) is 13.8. The highest BCUT2D eigenvalue weighted by Crippen LogP contribution is 2.17. The molecule has 0 saturated carbocycles. The second-order valence-corrected chi connectivity index (χ2v) is 8.31. The Kier molecular flexibility index (Phi) is 4.68. The zero-order valence-corrected chi connectivity index (χ0v) is 15.8. The number of carbonyl (C=O) groups is 1. The quantitative estimate of drug-likeness (QED) is 0.523. The van der Waals surface area contributed by atoms with Crippen molar-refractivity contribution in [3.8, 4) is 5.69 Å². The van der Waals surface area contributed by atoms with Gasteiger partial charge in [0.05, 0.1) is 16.6 Å². The van der Waals surface area contributed by atoms with Crippen molar-refractivity contribution >= 4 is 15.9 Å². The van der Waals surface area contributed by atoms with Crippen molar-refractivity contribution in [2.75, 3.05) is 13.1 Å². The van der Waals surface area contributed by atoms with Crippen molar-refractivity contribution in [3.63, 3.8) is 0 Å². The first-order valence-electron chi connectivity index (χ1n) is 8.72. The van der Waals surface area contributed by atoms with Gasteiger partial charge in [0.25, 0.3) is 5.91 Å². The molecule has 1 fully saturated rings. The molecule has 1 aliphatic rings. The van der Waals surface area contributed by atoms with Gasteiger partial charge in [0.1, 0.15) is 0 Å². The van der Waals surface area contributed by atoms with Gasteiger partial charge in [0.15, 0.2) is 0 Å². The number of aromatic amines is 2. The normalized spacial score (nSPS) is 14.6. The summed E-state index contributed by atoms with van der Waals surface area (Å²) in [6.45, 7) is 0.522. The summed E-state index contributed by atoms with van der Waals surface area (Å²) in [5, 5.41) is 2.33. The van der Waals surface area contributed by atoms with Crippen molar-refractivity contribution in [3.05, 3.63) is 81.1 Å². The maximum atomic E-state index is 12.5. The third kappa shape index (κ3) is 3.77. The zero-order chi connectivity index (χ0) is 20.6. The molecule has 29 heavy (non-hydrogen) atoms. The van der Waals surface area contributed by atoms with Crippen molar-refractivity contribution in [1.82, 2.24) is 24.4 Å². The molecule has 2 heterocycles. The predicted molar refractivity (Wildman–Crippen MR) is 103 cm³/mol. The predicted octanol–water partition coefficient (Wildman–Crippen LogP) is -0.343. The van der Waals surface area contributed by atoms with Gasteiger partial charge < -0.3 is 4.90 Å². The molecule has 11 heteroatoms. The highest BCUT2D eigenvalue weighted by Gasteiger charge is 2.34. The van der Waals surface area contributed by atoms with E-state index in [-0.39, 0.29) is 29.9 Å². The summed E-state index contributed by atoms with van der Waals surface area (Å²) >= 11 is 0. The Morgan fingerprint density at radius 1 is 1.00 bits per heavy atom. The minimum Gasteiger partial charge on any atom is -0.335 e. The summed E-state index contributed by atoms with van der Waals surface area (Å²) in [5.41, 5.74) is -0.434. The van der Waals surface area contributed by atoms with Crippen LogP contribution in [0.4, 0.5) is 0 Å². The fourth-order valence-electron chi connectivity index (χ4n) is 3.06. The molecule has 1 aromatic heterocycles. The average Bonchev–Trinajstić information content (AvgIpc) is 3.03. The molecule has 4 rings (SSSR count). The molecule has 0 atom stereocenters. The van der Waals surface area contributed by atoms with Gasteiger partial charge in [-0.3, -0.25) is 9.78 Å². The van der Waals surface area contributed by atoms with E-state index in [1.807, 2.05) is 0 Å². The third-order valence-corrected chi connectivity index (χ3v) is 6.09. The molecule has 0 spiro atoms. The van der Waals surface area contributed by atoms with Crippen LogP contribution in [-0.2, 0) is 10.0 Å². The van der Waals surface area contributed by atoms with Gasteiger partial charge in [-0.05, 0) is 36.4 Å². The molecule has 2 aromatic carbocycles. The number of hydrogen-bond acceptors (Lipinski definition) is 5. The number of likely N-dealkylation sites (tertiary alicyclic amines) is 1. The van der Waals surface area contributed by atoms with Gasteiger partial charge in [0, 0.05) is 18.7 Å². The largest absolute Gasteiger partial charge is 0.349 e.